The molecule has 0 saturated heterocycles. The average Bonchev–Trinajstić information content (AvgIpc) is 2.95. The number of fused-ring (bicyclic) bond motifs is 3. The summed E-state index contributed by atoms with van der Waals surface area (Å²) >= 11 is 0. The van der Waals surface area contributed by atoms with Crippen molar-refractivity contribution in [3.05, 3.63) is 23.8 Å². The molecule has 0 radical (unpaired) electrons. The summed E-state index contributed by atoms with van der Waals surface area (Å²) in [5, 5.41) is 4.42. The molecule has 2 atom stereocenters. The maximum Gasteiger partial charge on any atom is 0.238 e. The predicted molar refractivity (Wildman–Crippen MR) is 95.4 cm³/mol. The van der Waals surface area contributed by atoms with Crippen LogP contribution < -0.4 is 20.8 Å². The van der Waals surface area contributed by atoms with Crippen molar-refractivity contribution in [2.24, 2.45) is 22.7 Å². The molecule has 0 aliphatic carbocycles. The van der Waals surface area contributed by atoms with Crippen molar-refractivity contribution < 1.29 is 9.53 Å². The Balaban J connectivity index is 1.97. The van der Waals surface area contributed by atoms with Crippen LogP contribution >= 0.6 is 0 Å². The van der Waals surface area contributed by atoms with Crippen molar-refractivity contribution in [2.45, 2.75) is 33.2 Å². The molecule has 2 heterocycles. The molecule has 1 aromatic carbocycles. The van der Waals surface area contributed by atoms with Crippen LogP contribution in [0.4, 0.5) is 5.69 Å². The SMILES string of the molecule is CC(C)COc1ccc2c(c1)C1=NNC(C)C1C(=O)N2CCCN. The fourth-order valence-electron chi connectivity index (χ4n) is 3.19. The third-order valence-electron chi connectivity index (χ3n) is 4.42. The number of carbonyl (C=O) groups excluding carboxylic acids is 1. The van der Waals surface area contributed by atoms with E-state index < -0.39 is 0 Å². The summed E-state index contributed by atoms with van der Waals surface area (Å²) in [5.41, 5.74) is 11.4. The average molecular weight is 330 g/mol. The number of ether oxygens (including phenoxy) is 1. The van der Waals surface area contributed by atoms with Gasteiger partial charge in [-0.05, 0) is 44.0 Å². The molecule has 3 N–H and O–H groups in total. The molecule has 0 fully saturated rings. The standard InChI is InChI=1S/C18H26N4O2/c1-11(2)10-24-13-5-6-15-14(9-13)17-16(12(3)20-21-17)18(23)22(15)8-4-7-19/h5-6,9,11-12,16,20H,4,7-8,10,19H2,1-3H3. The maximum absolute atomic E-state index is 12.9. The largest absolute Gasteiger partial charge is 0.493 e. The molecule has 0 bridgehead atoms. The van der Waals surface area contributed by atoms with Crippen molar-refractivity contribution in [3.63, 3.8) is 0 Å². The number of nitrogens with one attached hydrogen (secondary N) is 1. The van der Waals surface area contributed by atoms with Crippen LogP contribution in [0.25, 0.3) is 0 Å². The number of carbonyl (C=O) groups is 1. The lowest BCUT2D eigenvalue weighted by Crippen LogP contribution is -2.48. The van der Waals surface area contributed by atoms with Crippen molar-refractivity contribution in [1.82, 2.24) is 5.43 Å². The van der Waals surface area contributed by atoms with E-state index in [2.05, 4.69) is 24.4 Å². The van der Waals surface area contributed by atoms with Crippen LogP contribution in [-0.2, 0) is 4.79 Å². The molecule has 1 amide bonds. The van der Waals surface area contributed by atoms with Crippen molar-refractivity contribution in [2.75, 3.05) is 24.6 Å². The van der Waals surface area contributed by atoms with E-state index in [1.165, 1.54) is 0 Å². The number of hydrazone groups is 1. The fourth-order valence-corrected chi connectivity index (χ4v) is 3.19. The maximum atomic E-state index is 12.9. The third-order valence-corrected chi connectivity index (χ3v) is 4.42. The zero-order chi connectivity index (χ0) is 17.3. The molecular formula is C18H26N4O2. The number of benzene rings is 1. The van der Waals surface area contributed by atoms with Crippen LogP contribution in [0.5, 0.6) is 5.75 Å². The van der Waals surface area contributed by atoms with Gasteiger partial charge in [-0.3, -0.25) is 4.79 Å². The Hall–Kier alpha value is -2.08. The van der Waals surface area contributed by atoms with Crippen LogP contribution in [0, 0.1) is 11.8 Å². The van der Waals surface area contributed by atoms with Crippen LogP contribution in [0.1, 0.15) is 32.8 Å². The summed E-state index contributed by atoms with van der Waals surface area (Å²) in [6.45, 7) is 8.09. The van der Waals surface area contributed by atoms with Gasteiger partial charge in [-0.2, -0.15) is 5.10 Å². The Morgan fingerprint density at radius 1 is 1.42 bits per heavy atom. The van der Waals surface area contributed by atoms with Crippen molar-refractivity contribution in [1.29, 1.82) is 0 Å². The Morgan fingerprint density at radius 2 is 2.21 bits per heavy atom. The van der Waals surface area contributed by atoms with E-state index in [1.54, 1.807) is 0 Å². The van der Waals surface area contributed by atoms with Gasteiger partial charge < -0.3 is 20.8 Å². The molecule has 2 unspecified atom stereocenters. The predicted octanol–water partition coefficient (Wildman–Crippen LogP) is 1.73. The monoisotopic (exact) mass is 330 g/mol. The normalized spacial score (nSPS) is 22.1. The summed E-state index contributed by atoms with van der Waals surface area (Å²) in [6.07, 6.45) is 0.776. The number of rotatable bonds is 6. The van der Waals surface area contributed by atoms with Gasteiger partial charge >= 0.3 is 0 Å². The van der Waals surface area contributed by atoms with E-state index in [4.69, 9.17) is 10.5 Å². The molecule has 2 aliphatic rings. The van der Waals surface area contributed by atoms with E-state index in [9.17, 15) is 4.79 Å². The van der Waals surface area contributed by atoms with Gasteiger partial charge in [0, 0.05) is 12.1 Å². The Labute approximate surface area is 143 Å². The number of amides is 1. The topological polar surface area (TPSA) is 80.0 Å². The van der Waals surface area contributed by atoms with E-state index in [1.807, 2.05) is 30.0 Å². The second-order valence-electron chi connectivity index (χ2n) is 6.91. The first-order chi connectivity index (χ1) is 11.5. The van der Waals surface area contributed by atoms with E-state index >= 15 is 0 Å². The second kappa shape index (κ2) is 6.81. The minimum Gasteiger partial charge on any atom is -0.493 e. The highest BCUT2D eigenvalue weighted by atomic mass is 16.5. The first kappa shape index (κ1) is 16.8. The third kappa shape index (κ3) is 2.98. The number of nitrogens with two attached hydrogens (primary N) is 1. The van der Waals surface area contributed by atoms with Gasteiger partial charge in [0.2, 0.25) is 5.91 Å². The molecule has 0 aromatic heterocycles. The van der Waals surface area contributed by atoms with E-state index in [0.717, 1.165) is 29.1 Å². The molecule has 0 saturated carbocycles. The van der Waals surface area contributed by atoms with Crippen LogP contribution in [0.2, 0.25) is 0 Å². The number of hydrogen-bond donors (Lipinski definition) is 2. The van der Waals surface area contributed by atoms with Crippen LogP contribution in [-0.4, -0.2) is 37.4 Å². The van der Waals surface area contributed by atoms with Gasteiger partial charge in [0.15, 0.2) is 0 Å². The quantitative estimate of drug-likeness (QED) is 0.832. The Kier molecular flexibility index (Phi) is 4.76. The molecule has 0 spiro atoms. The summed E-state index contributed by atoms with van der Waals surface area (Å²) in [7, 11) is 0. The molecule has 6 heteroatoms. The molecule has 2 aliphatic heterocycles. The minimum atomic E-state index is -0.240. The van der Waals surface area contributed by atoms with Crippen molar-refractivity contribution >= 4 is 17.3 Å². The first-order valence-electron chi connectivity index (χ1n) is 8.64. The highest BCUT2D eigenvalue weighted by molar-refractivity contribution is 6.25. The Morgan fingerprint density at radius 3 is 2.92 bits per heavy atom. The van der Waals surface area contributed by atoms with Gasteiger partial charge in [0.05, 0.1) is 24.0 Å². The van der Waals surface area contributed by atoms with Crippen molar-refractivity contribution in [3.8, 4) is 5.75 Å². The van der Waals surface area contributed by atoms with E-state index in [0.29, 0.717) is 25.6 Å². The molecule has 24 heavy (non-hydrogen) atoms. The second-order valence-corrected chi connectivity index (χ2v) is 6.91. The van der Waals surface area contributed by atoms with Crippen LogP contribution in [0.15, 0.2) is 23.3 Å². The molecule has 1 aromatic rings. The van der Waals surface area contributed by atoms with E-state index in [-0.39, 0.29) is 17.9 Å². The lowest BCUT2D eigenvalue weighted by Gasteiger charge is -2.34. The molecular weight excluding hydrogens is 304 g/mol. The smallest absolute Gasteiger partial charge is 0.238 e. The lowest BCUT2D eigenvalue weighted by atomic mass is 9.86. The van der Waals surface area contributed by atoms with Gasteiger partial charge in [-0.15, -0.1) is 0 Å². The van der Waals surface area contributed by atoms with Gasteiger partial charge in [0.25, 0.3) is 0 Å². The summed E-state index contributed by atoms with van der Waals surface area (Å²) < 4.78 is 5.85. The highest BCUT2D eigenvalue weighted by Gasteiger charge is 2.43. The fraction of sp³-hybridized carbons (Fsp3) is 0.556. The summed E-state index contributed by atoms with van der Waals surface area (Å²) in [5.74, 6) is 1.14. The summed E-state index contributed by atoms with van der Waals surface area (Å²) in [4.78, 5) is 14.8. The van der Waals surface area contributed by atoms with Gasteiger partial charge in [0.1, 0.15) is 11.7 Å². The summed E-state index contributed by atoms with van der Waals surface area (Å²) in [6, 6.07) is 5.89. The zero-order valence-corrected chi connectivity index (χ0v) is 14.6. The zero-order valence-electron chi connectivity index (χ0n) is 14.6. The minimum absolute atomic E-state index is 0.00117. The lowest BCUT2D eigenvalue weighted by molar-refractivity contribution is -0.121. The molecule has 130 valence electrons. The molecule has 6 nitrogen and oxygen atoms in total. The first-order valence-corrected chi connectivity index (χ1v) is 8.64. The number of nitrogens with zero attached hydrogens (tertiary/aromatic N) is 2. The number of hydrogen-bond acceptors (Lipinski definition) is 5. The number of anilines is 1. The van der Waals surface area contributed by atoms with Gasteiger partial charge in [-0.25, -0.2) is 0 Å². The highest BCUT2D eigenvalue weighted by Crippen LogP contribution is 2.36. The van der Waals surface area contributed by atoms with Gasteiger partial charge in [-0.1, -0.05) is 13.8 Å². The Bertz CT molecular complexity index is 656. The molecule has 3 rings (SSSR count). The van der Waals surface area contributed by atoms with Crippen LogP contribution in [0.3, 0.4) is 0 Å².